The fourth-order valence-corrected chi connectivity index (χ4v) is 1.96. The number of hydrogen-bond donors (Lipinski definition) is 1. The molecule has 1 aromatic carbocycles. The molecular formula is C13H18F3NO3. The summed E-state index contributed by atoms with van der Waals surface area (Å²) in [7, 11) is 4.04. The van der Waals surface area contributed by atoms with E-state index in [2.05, 4.69) is 5.32 Å². The van der Waals surface area contributed by atoms with E-state index in [1.54, 1.807) is 6.92 Å². The maximum absolute atomic E-state index is 13.1. The normalized spacial score (nSPS) is 12.9. The lowest BCUT2D eigenvalue weighted by atomic mass is 10.0. The van der Waals surface area contributed by atoms with Gasteiger partial charge in [-0.15, -0.1) is 0 Å². The number of methoxy groups -OCH3 is 3. The third-order valence-electron chi connectivity index (χ3n) is 2.78. The molecule has 0 saturated heterocycles. The van der Waals surface area contributed by atoms with Crippen molar-refractivity contribution >= 4 is 0 Å². The van der Waals surface area contributed by atoms with Gasteiger partial charge >= 0.3 is 6.18 Å². The van der Waals surface area contributed by atoms with Crippen molar-refractivity contribution in [2.24, 2.45) is 0 Å². The Morgan fingerprint density at radius 3 is 2.05 bits per heavy atom. The standard InChI is InChI=1S/C13H18F3NO3/c1-5-17-12(13(14,15)16)8-6-7-9(18-2)11(20-4)10(8)19-3/h6-7,12,17H,5H2,1-4H3. The zero-order valence-corrected chi connectivity index (χ0v) is 11.8. The van der Waals surface area contributed by atoms with Crippen molar-refractivity contribution < 1.29 is 27.4 Å². The average molecular weight is 293 g/mol. The van der Waals surface area contributed by atoms with E-state index >= 15 is 0 Å². The van der Waals surface area contributed by atoms with Crippen LogP contribution >= 0.6 is 0 Å². The van der Waals surface area contributed by atoms with Crippen LogP contribution in [0.4, 0.5) is 13.2 Å². The largest absolute Gasteiger partial charge is 0.493 e. The molecular weight excluding hydrogens is 275 g/mol. The lowest BCUT2D eigenvalue weighted by Gasteiger charge is -2.24. The number of halogens is 3. The van der Waals surface area contributed by atoms with Crippen LogP contribution in [0, 0.1) is 0 Å². The number of nitrogens with one attached hydrogen (secondary N) is 1. The van der Waals surface area contributed by atoms with E-state index in [1.165, 1.54) is 33.5 Å². The molecule has 0 aliphatic carbocycles. The fourth-order valence-electron chi connectivity index (χ4n) is 1.96. The van der Waals surface area contributed by atoms with Gasteiger partial charge < -0.3 is 19.5 Å². The Labute approximate surface area is 115 Å². The van der Waals surface area contributed by atoms with E-state index < -0.39 is 12.2 Å². The molecule has 1 atom stereocenters. The van der Waals surface area contributed by atoms with Crippen LogP contribution in [0.5, 0.6) is 17.2 Å². The molecule has 0 aliphatic heterocycles. The van der Waals surface area contributed by atoms with Gasteiger partial charge in [0.25, 0.3) is 0 Å². The Kier molecular flexibility index (Phi) is 5.50. The molecule has 0 heterocycles. The lowest BCUT2D eigenvalue weighted by molar-refractivity contribution is -0.157. The number of rotatable bonds is 6. The highest BCUT2D eigenvalue weighted by molar-refractivity contribution is 5.57. The van der Waals surface area contributed by atoms with E-state index in [1.807, 2.05) is 0 Å². The topological polar surface area (TPSA) is 39.7 Å². The minimum atomic E-state index is -4.44. The highest BCUT2D eigenvalue weighted by Gasteiger charge is 2.42. The summed E-state index contributed by atoms with van der Waals surface area (Å²) < 4.78 is 54.6. The Balaban J connectivity index is 3.42. The Morgan fingerprint density at radius 2 is 1.65 bits per heavy atom. The highest BCUT2D eigenvalue weighted by Crippen LogP contribution is 2.45. The average Bonchev–Trinajstić information content (AvgIpc) is 2.41. The van der Waals surface area contributed by atoms with Crippen molar-refractivity contribution in [3.63, 3.8) is 0 Å². The van der Waals surface area contributed by atoms with Crippen molar-refractivity contribution in [2.75, 3.05) is 27.9 Å². The van der Waals surface area contributed by atoms with E-state index in [0.717, 1.165) is 0 Å². The number of ether oxygens (including phenoxy) is 3. The summed E-state index contributed by atoms with van der Waals surface area (Å²) >= 11 is 0. The van der Waals surface area contributed by atoms with Gasteiger partial charge in [0.15, 0.2) is 11.5 Å². The molecule has 0 saturated carbocycles. The SMILES string of the molecule is CCNC(c1ccc(OC)c(OC)c1OC)C(F)(F)F. The van der Waals surface area contributed by atoms with Crippen LogP contribution in [0.1, 0.15) is 18.5 Å². The maximum Gasteiger partial charge on any atom is 0.408 e. The maximum atomic E-state index is 13.1. The predicted octanol–water partition coefficient (Wildman–Crippen LogP) is 2.93. The van der Waals surface area contributed by atoms with E-state index in [4.69, 9.17) is 14.2 Å². The molecule has 0 spiro atoms. The van der Waals surface area contributed by atoms with Crippen LogP contribution in [0.2, 0.25) is 0 Å². The first-order chi connectivity index (χ1) is 9.40. The van der Waals surface area contributed by atoms with Gasteiger partial charge in [0, 0.05) is 5.56 Å². The Hall–Kier alpha value is -1.63. The third kappa shape index (κ3) is 3.27. The Morgan fingerprint density at radius 1 is 1.05 bits per heavy atom. The van der Waals surface area contributed by atoms with Crippen LogP contribution in [0.3, 0.4) is 0 Å². The summed E-state index contributed by atoms with van der Waals surface area (Å²) in [5, 5.41) is 2.40. The molecule has 0 amide bonds. The van der Waals surface area contributed by atoms with Gasteiger partial charge in [0.1, 0.15) is 6.04 Å². The summed E-state index contributed by atoms with van der Waals surface area (Å²) in [5.74, 6) is 0.459. The Bertz CT molecular complexity index is 449. The molecule has 0 aromatic heterocycles. The predicted molar refractivity (Wildman–Crippen MR) is 68.6 cm³/mol. The fraction of sp³-hybridized carbons (Fsp3) is 0.538. The lowest BCUT2D eigenvalue weighted by Crippen LogP contribution is -2.34. The second-order valence-corrected chi connectivity index (χ2v) is 3.96. The zero-order valence-electron chi connectivity index (χ0n) is 11.8. The quantitative estimate of drug-likeness (QED) is 0.875. The first-order valence-electron chi connectivity index (χ1n) is 5.99. The minimum Gasteiger partial charge on any atom is -0.493 e. The van der Waals surface area contributed by atoms with Gasteiger partial charge in [-0.2, -0.15) is 13.2 Å². The molecule has 4 nitrogen and oxygen atoms in total. The zero-order chi connectivity index (χ0) is 15.3. The highest BCUT2D eigenvalue weighted by atomic mass is 19.4. The van der Waals surface area contributed by atoms with Crippen LogP contribution < -0.4 is 19.5 Å². The van der Waals surface area contributed by atoms with Gasteiger partial charge in [-0.25, -0.2) is 0 Å². The molecule has 1 aromatic rings. The van der Waals surface area contributed by atoms with Crippen LogP contribution in [-0.4, -0.2) is 34.1 Å². The van der Waals surface area contributed by atoms with Gasteiger partial charge in [-0.05, 0) is 18.7 Å². The van der Waals surface area contributed by atoms with Gasteiger partial charge in [-0.1, -0.05) is 6.92 Å². The number of alkyl halides is 3. The minimum absolute atomic E-state index is 0.00938. The van der Waals surface area contributed by atoms with Gasteiger partial charge in [-0.3, -0.25) is 0 Å². The molecule has 1 unspecified atom stereocenters. The van der Waals surface area contributed by atoms with Gasteiger partial charge in [0.05, 0.1) is 21.3 Å². The summed E-state index contributed by atoms with van der Waals surface area (Å²) in [6.45, 7) is 1.77. The first-order valence-corrected chi connectivity index (χ1v) is 5.99. The molecule has 0 radical (unpaired) electrons. The van der Waals surface area contributed by atoms with E-state index in [0.29, 0.717) is 5.75 Å². The molecule has 0 fully saturated rings. The van der Waals surface area contributed by atoms with Gasteiger partial charge in [0.2, 0.25) is 5.75 Å². The van der Waals surface area contributed by atoms with E-state index in [-0.39, 0.29) is 23.6 Å². The van der Waals surface area contributed by atoms with E-state index in [9.17, 15) is 13.2 Å². The van der Waals surface area contributed by atoms with Crippen molar-refractivity contribution in [2.45, 2.75) is 19.1 Å². The van der Waals surface area contributed by atoms with Crippen LogP contribution in [0.25, 0.3) is 0 Å². The van der Waals surface area contributed by atoms with Crippen molar-refractivity contribution in [3.8, 4) is 17.2 Å². The second-order valence-electron chi connectivity index (χ2n) is 3.96. The van der Waals surface area contributed by atoms with Crippen LogP contribution in [0.15, 0.2) is 12.1 Å². The first kappa shape index (κ1) is 16.4. The number of hydrogen-bond acceptors (Lipinski definition) is 4. The van der Waals surface area contributed by atoms with Crippen molar-refractivity contribution in [1.82, 2.24) is 5.32 Å². The summed E-state index contributed by atoms with van der Waals surface area (Å²) in [4.78, 5) is 0. The number of benzene rings is 1. The summed E-state index contributed by atoms with van der Waals surface area (Å²) in [6.07, 6.45) is -4.44. The summed E-state index contributed by atoms with van der Waals surface area (Å²) in [5.41, 5.74) is -0.0421. The van der Waals surface area contributed by atoms with Crippen molar-refractivity contribution in [3.05, 3.63) is 17.7 Å². The molecule has 1 rings (SSSR count). The van der Waals surface area contributed by atoms with Crippen LogP contribution in [-0.2, 0) is 0 Å². The molecule has 0 bridgehead atoms. The third-order valence-corrected chi connectivity index (χ3v) is 2.78. The second kappa shape index (κ2) is 6.69. The summed E-state index contributed by atoms with van der Waals surface area (Å²) in [6, 6.07) is 0.913. The smallest absolute Gasteiger partial charge is 0.408 e. The monoisotopic (exact) mass is 293 g/mol. The molecule has 1 N–H and O–H groups in total. The molecule has 114 valence electrons. The molecule has 20 heavy (non-hydrogen) atoms. The molecule has 0 aliphatic rings. The molecule has 7 heteroatoms. The van der Waals surface area contributed by atoms with Crippen molar-refractivity contribution in [1.29, 1.82) is 0 Å².